The molecule has 0 amide bonds. The van der Waals surface area contributed by atoms with E-state index in [4.69, 9.17) is 0 Å². The average molecular weight is 272 g/mol. The minimum absolute atomic E-state index is 0.398. The van der Waals surface area contributed by atoms with Crippen molar-refractivity contribution in [1.82, 2.24) is 5.32 Å². The van der Waals surface area contributed by atoms with Crippen LogP contribution in [0.2, 0.25) is 0 Å². The van der Waals surface area contributed by atoms with Crippen LogP contribution in [0.3, 0.4) is 0 Å². The molecular formula is C18H28N2. The summed E-state index contributed by atoms with van der Waals surface area (Å²) >= 11 is 0. The molecule has 2 nitrogen and oxygen atoms in total. The van der Waals surface area contributed by atoms with Gasteiger partial charge in [0, 0.05) is 23.8 Å². The Bertz CT molecular complexity index is 448. The lowest BCUT2D eigenvalue weighted by Gasteiger charge is -2.39. The van der Waals surface area contributed by atoms with Gasteiger partial charge in [-0.1, -0.05) is 37.5 Å². The van der Waals surface area contributed by atoms with Crippen LogP contribution >= 0.6 is 0 Å². The van der Waals surface area contributed by atoms with Crippen molar-refractivity contribution in [3.05, 3.63) is 29.8 Å². The summed E-state index contributed by atoms with van der Waals surface area (Å²) < 4.78 is 0. The second kappa shape index (κ2) is 5.77. The van der Waals surface area contributed by atoms with E-state index in [0.717, 1.165) is 0 Å². The van der Waals surface area contributed by atoms with Gasteiger partial charge >= 0.3 is 0 Å². The van der Waals surface area contributed by atoms with Crippen LogP contribution in [0.5, 0.6) is 0 Å². The highest BCUT2D eigenvalue weighted by molar-refractivity contribution is 5.59. The third-order valence-corrected chi connectivity index (χ3v) is 5.52. The number of hydrogen-bond acceptors (Lipinski definition) is 2. The molecule has 1 N–H and O–H groups in total. The van der Waals surface area contributed by atoms with E-state index in [1.807, 2.05) is 0 Å². The first kappa shape index (κ1) is 13.9. The van der Waals surface area contributed by atoms with Gasteiger partial charge in [0.1, 0.15) is 0 Å². The molecule has 0 spiro atoms. The van der Waals surface area contributed by atoms with Crippen molar-refractivity contribution in [3.8, 4) is 0 Å². The molecule has 1 aromatic carbocycles. The molecule has 1 atom stereocenters. The van der Waals surface area contributed by atoms with Crippen molar-refractivity contribution in [2.45, 2.75) is 63.5 Å². The largest absolute Gasteiger partial charge is 0.368 e. The van der Waals surface area contributed by atoms with Crippen molar-refractivity contribution < 1.29 is 0 Å². The fraction of sp³-hybridized carbons (Fsp3) is 0.667. The zero-order valence-electron chi connectivity index (χ0n) is 13.0. The molecule has 1 saturated carbocycles. The molecule has 1 unspecified atom stereocenters. The summed E-state index contributed by atoms with van der Waals surface area (Å²) in [7, 11) is 2.16. The van der Waals surface area contributed by atoms with Gasteiger partial charge in [0.15, 0.2) is 0 Å². The first-order chi connectivity index (χ1) is 9.74. The monoisotopic (exact) mass is 272 g/mol. The Balaban J connectivity index is 1.68. The van der Waals surface area contributed by atoms with E-state index in [0.29, 0.717) is 11.6 Å². The van der Waals surface area contributed by atoms with E-state index in [2.05, 4.69) is 48.5 Å². The zero-order chi connectivity index (χ0) is 14.0. The van der Waals surface area contributed by atoms with Crippen molar-refractivity contribution in [3.63, 3.8) is 0 Å². The molecular weight excluding hydrogens is 244 g/mol. The Kier molecular flexibility index (Phi) is 4.02. The molecule has 2 heteroatoms. The molecule has 0 aromatic heterocycles. The predicted molar refractivity (Wildman–Crippen MR) is 86.4 cm³/mol. The second-order valence-electron chi connectivity index (χ2n) is 6.72. The predicted octanol–water partition coefficient (Wildman–Crippen LogP) is 3.75. The highest BCUT2D eigenvalue weighted by atomic mass is 15.2. The number of benzene rings is 1. The van der Waals surface area contributed by atoms with E-state index < -0.39 is 0 Å². The van der Waals surface area contributed by atoms with Gasteiger partial charge in [-0.2, -0.15) is 0 Å². The third kappa shape index (κ3) is 2.58. The van der Waals surface area contributed by atoms with E-state index in [9.17, 15) is 0 Å². The number of fused-ring (bicyclic) bond motifs is 1. The molecule has 2 aliphatic rings. The average Bonchev–Trinajstić information content (AvgIpc) is 2.81. The lowest BCUT2D eigenvalue weighted by molar-refractivity contribution is 0.231. The minimum Gasteiger partial charge on any atom is -0.368 e. The van der Waals surface area contributed by atoms with Gasteiger partial charge in [0.25, 0.3) is 0 Å². The Labute approximate surface area is 123 Å². The SMILES string of the molecule is CNC1(CCN2c3ccccc3CC2C)CCCCC1. The van der Waals surface area contributed by atoms with Crippen LogP contribution in [-0.4, -0.2) is 25.2 Å². The van der Waals surface area contributed by atoms with Crippen molar-refractivity contribution in [2.75, 3.05) is 18.5 Å². The van der Waals surface area contributed by atoms with Crippen LogP contribution in [0.25, 0.3) is 0 Å². The summed E-state index contributed by atoms with van der Waals surface area (Å²) in [5, 5.41) is 3.65. The summed E-state index contributed by atoms with van der Waals surface area (Å²) in [5.41, 5.74) is 3.40. The van der Waals surface area contributed by atoms with Gasteiger partial charge < -0.3 is 10.2 Å². The van der Waals surface area contributed by atoms with Gasteiger partial charge in [0.05, 0.1) is 0 Å². The Hall–Kier alpha value is -1.02. The molecule has 0 saturated heterocycles. The van der Waals surface area contributed by atoms with Gasteiger partial charge in [-0.3, -0.25) is 0 Å². The van der Waals surface area contributed by atoms with E-state index in [-0.39, 0.29) is 0 Å². The maximum Gasteiger partial charge on any atom is 0.0402 e. The highest BCUT2D eigenvalue weighted by Crippen LogP contribution is 2.35. The molecule has 1 fully saturated rings. The molecule has 20 heavy (non-hydrogen) atoms. The molecule has 1 heterocycles. The van der Waals surface area contributed by atoms with Crippen LogP contribution in [0.4, 0.5) is 5.69 Å². The number of nitrogens with one attached hydrogen (secondary N) is 1. The number of hydrogen-bond donors (Lipinski definition) is 1. The summed E-state index contributed by atoms with van der Waals surface area (Å²) in [4.78, 5) is 2.63. The topological polar surface area (TPSA) is 15.3 Å². The van der Waals surface area contributed by atoms with Crippen molar-refractivity contribution in [1.29, 1.82) is 0 Å². The van der Waals surface area contributed by atoms with Crippen LogP contribution in [0, 0.1) is 0 Å². The Morgan fingerprint density at radius 1 is 1.20 bits per heavy atom. The molecule has 1 aliphatic heterocycles. The standard InChI is InChI=1S/C18H28N2/c1-15-14-16-8-4-5-9-17(16)20(15)13-12-18(19-2)10-6-3-7-11-18/h4-5,8-9,15,19H,3,6-7,10-14H2,1-2H3. The van der Waals surface area contributed by atoms with Gasteiger partial charge in [-0.15, -0.1) is 0 Å². The van der Waals surface area contributed by atoms with Gasteiger partial charge in [-0.05, 0) is 51.3 Å². The number of para-hydroxylation sites is 1. The molecule has 110 valence electrons. The third-order valence-electron chi connectivity index (χ3n) is 5.52. The lowest BCUT2D eigenvalue weighted by atomic mass is 9.79. The smallest absolute Gasteiger partial charge is 0.0402 e. The molecule has 1 aliphatic carbocycles. The molecule has 0 bridgehead atoms. The van der Waals surface area contributed by atoms with Crippen LogP contribution in [0.1, 0.15) is 51.0 Å². The normalized spacial score (nSPS) is 24.7. The minimum atomic E-state index is 0.398. The summed E-state index contributed by atoms with van der Waals surface area (Å²) in [6.45, 7) is 3.56. The Morgan fingerprint density at radius 2 is 1.95 bits per heavy atom. The Morgan fingerprint density at radius 3 is 2.70 bits per heavy atom. The maximum absolute atomic E-state index is 3.65. The van der Waals surface area contributed by atoms with Crippen molar-refractivity contribution in [2.24, 2.45) is 0 Å². The zero-order valence-corrected chi connectivity index (χ0v) is 13.0. The number of nitrogens with zero attached hydrogens (tertiary/aromatic N) is 1. The summed E-state index contributed by atoms with van der Waals surface area (Å²) in [6.07, 6.45) is 9.41. The fourth-order valence-electron chi connectivity index (χ4n) is 4.16. The lowest BCUT2D eigenvalue weighted by Crippen LogP contribution is -2.47. The molecule has 3 rings (SSSR count). The maximum atomic E-state index is 3.65. The number of rotatable bonds is 4. The number of anilines is 1. The molecule has 1 aromatic rings. The first-order valence-electron chi connectivity index (χ1n) is 8.28. The molecule has 0 radical (unpaired) electrons. The van der Waals surface area contributed by atoms with Gasteiger partial charge in [-0.25, -0.2) is 0 Å². The van der Waals surface area contributed by atoms with E-state index >= 15 is 0 Å². The second-order valence-corrected chi connectivity index (χ2v) is 6.72. The van der Waals surface area contributed by atoms with Crippen molar-refractivity contribution >= 4 is 5.69 Å². The van der Waals surface area contributed by atoms with E-state index in [1.165, 1.54) is 62.7 Å². The van der Waals surface area contributed by atoms with E-state index in [1.54, 1.807) is 0 Å². The summed E-state index contributed by atoms with van der Waals surface area (Å²) in [5.74, 6) is 0. The summed E-state index contributed by atoms with van der Waals surface area (Å²) in [6, 6.07) is 9.60. The van der Waals surface area contributed by atoms with Crippen LogP contribution in [0.15, 0.2) is 24.3 Å². The van der Waals surface area contributed by atoms with Crippen LogP contribution in [-0.2, 0) is 6.42 Å². The quantitative estimate of drug-likeness (QED) is 0.898. The van der Waals surface area contributed by atoms with Gasteiger partial charge in [0.2, 0.25) is 0 Å². The highest BCUT2D eigenvalue weighted by Gasteiger charge is 2.32. The first-order valence-corrected chi connectivity index (χ1v) is 8.28. The fourth-order valence-corrected chi connectivity index (χ4v) is 4.16. The van der Waals surface area contributed by atoms with Crippen LogP contribution < -0.4 is 10.2 Å².